The first-order valence-corrected chi connectivity index (χ1v) is 7.92. The quantitative estimate of drug-likeness (QED) is 0.664. The highest BCUT2D eigenvalue weighted by atomic mass is 16.4. The SMILES string of the molecule is Cn1c(=O)oc2cc(NC(=O)NCCC(O)c3ccccc3)ccc21. The van der Waals surface area contributed by atoms with Crippen molar-refractivity contribution in [2.45, 2.75) is 12.5 Å². The number of nitrogens with one attached hydrogen (secondary N) is 2. The molecule has 0 aliphatic carbocycles. The zero-order valence-electron chi connectivity index (χ0n) is 13.7. The van der Waals surface area contributed by atoms with Gasteiger partial charge in [0.15, 0.2) is 5.58 Å². The van der Waals surface area contributed by atoms with E-state index in [4.69, 9.17) is 4.42 Å². The number of aromatic nitrogens is 1. The Kier molecular flexibility index (Phi) is 4.85. The van der Waals surface area contributed by atoms with E-state index >= 15 is 0 Å². The summed E-state index contributed by atoms with van der Waals surface area (Å²) in [5.74, 6) is -0.452. The zero-order chi connectivity index (χ0) is 17.8. The van der Waals surface area contributed by atoms with Gasteiger partial charge in [-0.15, -0.1) is 0 Å². The summed E-state index contributed by atoms with van der Waals surface area (Å²) in [6, 6.07) is 13.9. The second-order valence-corrected chi connectivity index (χ2v) is 5.71. The lowest BCUT2D eigenvalue weighted by atomic mass is 10.1. The summed E-state index contributed by atoms with van der Waals surface area (Å²) in [5, 5.41) is 15.4. The third-order valence-electron chi connectivity index (χ3n) is 3.94. The number of fused-ring (bicyclic) bond motifs is 1. The Labute approximate surface area is 143 Å². The molecule has 0 radical (unpaired) electrons. The van der Waals surface area contributed by atoms with Gasteiger partial charge in [0.05, 0.1) is 11.6 Å². The van der Waals surface area contributed by atoms with E-state index in [0.29, 0.717) is 29.8 Å². The molecule has 1 unspecified atom stereocenters. The topological polar surface area (TPSA) is 96.5 Å². The predicted octanol–water partition coefficient (Wildman–Crippen LogP) is 2.38. The fourth-order valence-corrected chi connectivity index (χ4v) is 2.55. The summed E-state index contributed by atoms with van der Waals surface area (Å²) < 4.78 is 6.48. The number of anilines is 1. The number of carbonyl (C=O) groups is 1. The Hall–Kier alpha value is -3.06. The van der Waals surface area contributed by atoms with Gasteiger partial charge in [-0.3, -0.25) is 4.57 Å². The second-order valence-electron chi connectivity index (χ2n) is 5.71. The number of amides is 2. The number of aryl methyl sites for hydroxylation is 1. The molecule has 2 aromatic carbocycles. The molecule has 0 saturated carbocycles. The number of rotatable bonds is 5. The molecular weight excluding hydrogens is 322 g/mol. The van der Waals surface area contributed by atoms with E-state index in [2.05, 4.69) is 10.6 Å². The maximum atomic E-state index is 11.9. The summed E-state index contributed by atoms with van der Waals surface area (Å²) in [6.45, 7) is 0.324. The Morgan fingerprint density at radius 3 is 2.76 bits per heavy atom. The van der Waals surface area contributed by atoms with Gasteiger partial charge in [0, 0.05) is 25.3 Å². The van der Waals surface area contributed by atoms with Crippen LogP contribution in [0.4, 0.5) is 10.5 Å². The number of hydrogen-bond donors (Lipinski definition) is 3. The predicted molar refractivity (Wildman–Crippen MR) is 94.5 cm³/mol. The second kappa shape index (κ2) is 7.23. The van der Waals surface area contributed by atoms with Crippen molar-refractivity contribution < 1.29 is 14.3 Å². The van der Waals surface area contributed by atoms with Crippen molar-refractivity contribution in [3.8, 4) is 0 Å². The smallest absolute Gasteiger partial charge is 0.408 e. The molecule has 0 bridgehead atoms. The molecule has 0 aliphatic heterocycles. The molecule has 0 aliphatic rings. The van der Waals surface area contributed by atoms with Crippen LogP contribution in [0, 0.1) is 0 Å². The highest BCUT2D eigenvalue weighted by molar-refractivity contribution is 5.91. The average Bonchev–Trinajstić information content (AvgIpc) is 2.89. The van der Waals surface area contributed by atoms with E-state index in [9.17, 15) is 14.7 Å². The van der Waals surface area contributed by atoms with E-state index in [1.807, 2.05) is 30.3 Å². The molecule has 130 valence electrons. The minimum atomic E-state index is -0.628. The number of carbonyl (C=O) groups excluding carboxylic acids is 1. The van der Waals surface area contributed by atoms with Gasteiger partial charge in [-0.25, -0.2) is 9.59 Å². The monoisotopic (exact) mass is 341 g/mol. The number of hydrogen-bond acceptors (Lipinski definition) is 4. The molecule has 0 saturated heterocycles. The molecule has 7 heteroatoms. The van der Waals surface area contributed by atoms with Gasteiger partial charge in [-0.1, -0.05) is 30.3 Å². The van der Waals surface area contributed by atoms with Crippen molar-refractivity contribution in [2.24, 2.45) is 7.05 Å². The molecule has 3 aromatic rings. The minimum absolute atomic E-state index is 0.324. The standard InChI is InChI=1S/C18H19N3O4/c1-21-14-8-7-13(11-16(14)25-18(21)24)20-17(23)19-10-9-15(22)12-5-3-2-4-6-12/h2-8,11,15,22H,9-10H2,1H3,(H2,19,20,23). The molecule has 2 amide bonds. The van der Waals surface area contributed by atoms with E-state index in [-0.39, 0.29) is 0 Å². The van der Waals surface area contributed by atoms with Gasteiger partial charge < -0.3 is 20.2 Å². The third-order valence-corrected chi connectivity index (χ3v) is 3.94. The van der Waals surface area contributed by atoms with Gasteiger partial charge in [-0.2, -0.15) is 0 Å². The van der Waals surface area contributed by atoms with Crippen LogP contribution in [0.3, 0.4) is 0 Å². The Balaban J connectivity index is 1.53. The van der Waals surface area contributed by atoms with Crippen molar-refractivity contribution in [2.75, 3.05) is 11.9 Å². The number of aliphatic hydroxyl groups excluding tert-OH is 1. The van der Waals surface area contributed by atoms with Crippen LogP contribution >= 0.6 is 0 Å². The van der Waals surface area contributed by atoms with Gasteiger partial charge in [-0.05, 0) is 24.1 Å². The average molecular weight is 341 g/mol. The van der Waals surface area contributed by atoms with Gasteiger partial charge in [0.2, 0.25) is 0 Å². The van der Waals surface area contributed by atoms with E-state index in [1.54, 1.807) is 25.2 Å². The summed E-state index contributed by atoms with van der Waals surface area (Å²) in [7, 11) is 1.62. The molecule has 1 aromatic heterocycles. The highest BCUT2D eigenvalue weighted by Gasteiger charge is 2.10. The minimum Gasteiger partial charge on any atom is -0.408 e. The molecule has 3 N–H and O–H groups in total. The van der Waals surface area contributed by atoms with Gasteiger partial charge in [0.1, 0.15) is 0 Å². The van der Waals surface area contributed by atoms with Crippen LogP contribution in [0.5, 0.6) is 0 Å². The van der Waals surface area contributed by atoms with Crippen LogP contribution in [-0.2, 0) is 7.05 Å². The number of aliphatic hydroxyl groups is 1. The largest absolute Gasteiger partial charge is 0.419 e. The lowest BCUT2D eigenvalue weighted by Crippen LogP contribution is -2.30. The molecular formula is C18H19N3O4. The molecule has 0 fully saturated rings. The first kappa shape index (κ1) is 16.8. The number of benzene rings is 2. The fraction of sp³-hybridized carbons (Fsp3) is 0.222. The van der Waals surface area contributed by atoms with Crippen molar-refractivity contribution in [3.63, 3.8) is 0 Å². The van der Waals surface area contributed by atoms with Crippen LogP contribution < -0.4 is 16.4 Å². The summed E-state index contributed by atoms with van der Waals surface area (Å²) in [6.07, 6.45) is -0.222. The van der Waals surface area contributed by atoms with Crippen molar-refractivity contribution in [1.29, 1.82) is 0 Å². The van der Waals surface area contributed by atoms with Crippen LogP contribution in [0.15, 0.2) is 57.7 Å². The van der Waals surface area contributed by atoms with Crippen molar-refractivity contribution in [3.05, 3.63) is 64.6 Å². The van der Waals surface area contributed by atoms with Crippen LogP contribution in [0.1, 0.15) is 18.1 Å². The molecule has 0 spiro atoms. The Morgan fingerprint density at radius 2 is 2.00 bits per heavy atom. The zero-order valence-corrected chi connectivity index (χ0v) is 13.7. The number of nitrogens with zero attached hydrogens (tertiary/aromatic N) is 1. The van der Waals surface area contributed by atoms with E-state index in [1.165, 1.54) is 4.57 Å². The van der Waals surface area contributed by atoms with Gasteiger partial charge >= 0.3 is 11.8 Å². The van der Waals surface area contributed by atoms with Crippen molar-refractivity contribution >= 4 is 22.8 Å². The normalized spacial score (nSPS) is 12.1. The maximum absolute atomic E-state index is 11.9. The highest BCUT2D eigenvalue weighted by Crippen LogP contribution is 2.18. The Morgan fingerprint density at radius 1 is 1.24 bits per heavy atom. The first-order valence-electron chi connectivity index (χ1n) is 7.92. The molecule has 3 rings (SSSR count). The van der Waals surface area contributed by atoms with E-state index in [0.717, 1.165) is 5.56 Å². The van der Waals surface area contributed by atoms with Crippen LogP contribution in [-0.4, -0.2) is 22.2 Å². The summed E-state index contributed by atoms with van der Waals surface area (Å²) in [4.78, 5) is 23.4. The summed E-state index contributed by atoms with van der Waals surface area (Å²) in [5.41, 5.74) is 2.39. The van der Waals surface area contributed by atoms with Crippen LogP contribution in [0.25, 0.3) is 11.1 Å². The van der Waals surface area contributed by atoms with Crippen LogP contribution in [0.2, 0.25) is 0 Å². The number of urea groups is 1. The maximum Gasteiger partial charge on any atom is 0.419 e. The molecule has 1 heterocycles. The lowest BCUT2D eigenvalue weighted by molar-refractivity contribution is 0.167. The molecule has 7 nitrogen and oxygen atoms in total. The summed E-state index contributed by atoms with van der Waals surface area (Å²) >= 11 is 0. The molecule has 25 heavy (non-hydrogen) atoms. The van der Waals surface area contributed by atoms with E-state index < -0.39 is 17.9 Å². The first-order chi connectivity index (χ1) is 12.0. The molecule has 1 atom stereocenters. The van der Waals surface area contributed by atoms with Gasteiger partial charge in [0.25, 0.3) is 0 Å². The Bertz CT molecular complexity index is 930. The number of oxazole rings is 1. The third kappa shape index (κ3) is 3.89. The fourth-order valence-electron chi connectivity index (χ4n) is 2.55. The lowest BCUT2D eigenvalue weighted by Gasteiger charge is -2.12. The van der Waals surface area contributed by atoms with Crippen molar-refractivity contribution in [1.82, 2.24) is 9.88 Å².